The van der Waals surface area contributed by atoms with Gasteiger partial charge in [-0.05, 0) is 11.4 Å². The third-order valence-corrected chi connectivity index (χ3v) is 3.59. The molecular formula is C8H7ClF6N2S. The second-order valence-corrected chi connectivity index (χ2v) is 4.69. The molecule has 1 atom stereocenters. The van der Waals surface area contributed by atoms with Gasteiger partial charge in [0.05, 0.1) is 11.1 Å². The molecule has 0 saturated heterocycles. The first-order valence-electron chi connectivity index (χ1n) is 4.41. The number of nitrogens with one attached hydrogen (secondary N) is 1. The number of nitrogens with two attached hydrogens (primary N) is 1. The molecule has 1 unspecified atom stereocenters. The van der Waals surface area contributed by atoms with Crippen molar-refractivity contribution in [3.05, 3.63) is 21.3 Å². The lowest BCUT2D eigenvalue weighted by Crippen LogP contribution is -2.47. The van der Waals surface area contributed by atoms with E-state index < -0.39 is 24.3 Å². The first kappa shape index (κ1) is 15.5. The number of rotatable bonds is 3. The lowest BCUT2D eigenvalue weighted by molar-refractivity contribution is -0.292. The Balaban J connectivity index is 3.23. The molecule has 0 aliphatic rings. The Hall–Kier alpha value is -0.510. The summed E-state index contributed by atoms with van der Waals surface area (Å²) in [6.07, 6.45) is -11.0. The molecule has 10 heteroatoms. The molecule has 0 fully saturated rings. The number of thiophene rings is 1. The smallest absolute Gasteiger partial charge is 0.271 e. The summed E-state index contributed by atoms with van der Waals surface area (Å²) in [4.78, 5) is -0.307. The molecule has 0 radical (unpaired) electrons. The molecule has 3 N–H and O–H groups in total. The molecule has 1 aromatic rings. The Morgan fingerprint density at radius 3 is 1.94 bits per heavy atom. The van der Waals surface area contributed by atoms with Crippen molar-refractivity contribution in [2.24, 2.45) is 11.8 Å². The summed E-state index contributed by atoms with van der Waals surface area (Å²) in [5.41, 5.74) is 1.54. The lowest BCUT2D eigenvalue weighted by Gasteiger charge is -2.29. The van der Waals surface area contributed by atoms with E-state index in [0.717, 1.165) is 0 Å². The number of hydrogen-bond acceptors (Lipinski definition) is 3. The highest BCUT2D eigenvalue weighted by atomic mass is 35.5. The maximum absolute atomic E-state index is 12.5. The van der Waals surface area contributed by atoms with Gasteiger partial charge in [0.2, 0.25) is 0 Å². The highest BCUT2D eigenvalue weighted by Crippen LogP contribution is 2.48. The normalized spacial score (nSPS) is 15.2. The fraction of sp³-hybridized carbons (Fsp3) is 0.500. The van der Waals surface area contributed by atoms with Gasteiger partial charge in [0.1, 0.15) is 0 Å². The molecule has 0 aliphatic heterocycles. The van der Waals surface area contributed by atoms with Crippen LogP contribution >= 0.6 is 22.9 Å². The standard InChI is InChI=1S/C8H7ClF6N2S/c9-3-1-2-18-5(3)4(17-16)6(7(10,11)12)8(13,14)15/h1-2,4,6,17H,16H2. The van der Waals surface area contributed by atoms with Crippen LogP contribution in [-0.4, -0.2) is 12.4 Å². The number of hydrogen-bond donors (Lipinski definition) is 2. The third-order valence-electron chi connectivity index (χ3n) is 2.15. The minimum Gasteiger partial charge on any atom is -0.271 e. The predicted molar refractivity (Wildman–Crippen MR) is 55.0 cm³/mol. The van der Waals surface area contributed by atoms with Crippen LogP contribution in [0.3, 0.4) is 0 Å². The van der Waals surface area contributed by atoms with Crippen molar-refractivity contribution >= 4 is 22.9 Å². The average molecular weight is 313 g/mol. The van der Waals surface area contributed by atoms with Crippen LogP contribution in [0.25, 0.3) is 0 Å². The van der Waals surface area contributed by atoms with E-state index >= 15 is 0 Å². The van der Waals surface area contributed by atoms with Crippen molar-refractivity contribution in [2.45, 2.75) is 18.4 Å². The van der Waals surface area contributed by atoms with Crippen LogP contribution in [0.2, 0.25) is 5.02 Å². The molecule has 2 nitrogen and oxygen atoms in total. The van der Waals surface area contributed by atoms with E-state index in [2.05, 4.69) is 0 Å². The Kier molecular flexibility index (Phi) is 4.52. The Labute approximate surface area is 107 Å². The summed E-state index contributed by atoms with van der Waals surface area (Å²) in [5, 5.41) is 1.09. The quantitative estimate of drug-likeness (QED) is 0.508. The van der Waals surface area contributed by atoms with Gasteiger partial charge in [-0.3, -0.25) is 11.3 Å². The Morgan fingerprint density at radius 1 is 1.17 bits per heavy atom. The van der Waals surface area contributed by atoms with Gasteiger partial charge in [0.15, 0.2) is 5.92 Å². The maximum Gasteiger partial charge on any atom is 0.402 e. The first-order chi connectivity index (χ1) is 8.09. The molecule has 0 aromatic carbocycles. The van der Waals surface area contributed by atoms with E-state index in [4.69, 9.17) is 17.4 Å². The van der Waals surface area contributed by atoms with E-state index in [1.807, 2.05) is 0 Å². The SMILES string of the molecule is NNC(c1sccc1Cl)C(C(F)(F)F)C(F)(F)F. The molecule has 104 valence electrons. The van der Waals surface area contributed by atoms with E-state index in [1.165, 1.54) is 11.4 Å². The molecule has 1 aromatic heterocycles. The predicted octanol–water partition coefficient (Wildman–Crippen LogP) is 3.65. The molecule has 0 spiro atoms. The molecule has 18 heavy (non-hydrogen) atoms. The van der Waals surface area contributed by atoms with Gasteiger partial charge in [0, 0.05) is 4.88 Å². The molecular weight excluding hydrogens is 306 g/mol. The fourth-order valence-electron chi connectivity index (χ4n) is 1.41. The summed E-state index contributed by atoms with van der Waals surface area (Å²) in [5.74, 6) is 1.21. The number of halogens is 7. The highest BCUT2D eigenvalue weighted by Gasteiger charge is 2.60. The van der Waals surface area contributed by atoms with Crippen LogP contribution in [0.1, 0.15) is 10.9 Å². The van der Waals surface area contributed by atoms with Crippen LogP contribution in [-0.2, 0) is 0 Å². The molecule has 0 aliphatic carbocycles. The van der Waals surface area contributed by atoms with Crippen molar-refractivity contribution in [1.82, 2.24) is 5.43 Å². The van der Waals surface area contributed by atoms with Gasteiger partial charge in [-0.15, -0.1) is 11.3 Å². The fourth-order valence-corrected chi connectivity index (χ4v) is 2.69. The minimum atomic E-state index is -5.48. The van der Waals surface area contributed by atoms with Gasteiger partial charge in [-0.1, -0.05) is 11.6 Å². The highest BCUT2D eigenvalue weighted by molar-refractivity contribution is 7.10. The van der Waals surface area contributed by atoms with Gasteiger partial charge in [-0.2, -0.15) is 26.3 Å². The van der Waals surface area contributed by atoms with Crippen LogP contribution < -0.4 is 11.3 Å². The van der Waals surface area contributed by atoms with Crippen LogP contribution in [0.5, 0.6) is 0 Å². The summed E-state index contributed by atoms with van der Waals surface area (Å²) in [6.45, 7) is 0. The Bertz CT molecular complexity index is 387. The molecule has 1 heterocycles. The van der Waals surface area contributed by atoms with Crippen LogP contribution in [0, 0.1) is 5.92 Å². The van der Waals surface area contributed by atoms with Gasteiger partial charge >= 0.3 is 12.4 Å². The zero-order valence-electron chi connectivity index (χ0n) is 8.44. The number of hydrazine groups is 1. The van der Waals surface area contributed by atoms with E-state index in [-0.39, 0.29) is 9.90 Å². The molecule has 0 bridgehead atoms. The maximum atomic E-state index is 12.5. The van der Waals surface area contributed by atoms with Crippen molar-refractivity contribution in [3.8, 4) is 0 Å². The third kappa shape index (κ3) is 3.28. The Morgan fingerprint density at radius 2 is 1.67 bits per heavy atom. The monoisotopic (exact) mass is 312 g/mol. The molecule has 1 rings (SSSR count). The molecule has 0 amide bonds. The van der Waals surface area contributed by atoms with Gasteiger partial charge < -0.3 is 0 Å². The minimum absolute atomic E-state index is 0.193. The second-order valence-electron chi connectivity index (χ2n) is 3.34. The van der Waals surface area contributed by atoms with Crippen molar-refractivity contribution in [3.63, 3.8) is 0 Å². The molecule has 0 saturated carbocycles. The van der Waals surface area contributed by atoms with E-state index in [0.29, 0.717) is 11.3 Å². The average Bonchev–Trinajstić information content (AvgIpc) is 2.56. The largest absolute Gasteiger partial charge is 0.402 e. The van der Waals surface area contributed by atoms with Crippen LogP contribution in [0.15, 0.2) is 11.4 Å². The summed E-state index contributed by atoms with van der Waals surface area (Å²) in [6, 6.07) is -0.965. The van der Waals surface area contributed by atoms with Crippen molar-refractivity contribution in [1.29, 1.82) is 0 Å². The van der Waals surface area contributed by atoms with Gasteiger partial charge in [0.25, 0.3) is 0 Å². The topological polar surface area (TPSA) is 38.0 Å². The van der Waals surface area contributed by atoms with E-state index in [9.17, 15) is 26.3 Å². The summed E-state index contributed by atoms with van der Waals surface area (Å²) < 4.78 is 75.1. The zero-order valence-corrected chi connectivity index (χ0v) is 10.0. The summed E-state index contributed by atoms with van der Waals surface area (Å²) in [7, 11) is 0. The van der Waals surface area contributed by atoms with Crippen molar-refractivity contribution < 1.29 is 26.3 Å². The summed E-state index contributed by atoms with van der Waals surface area (Å²) >= 11 is 6.21. The van der Waals surface area contributed by atoms with Crippen molar-refractivity contribution in [2.75, 3.05) is 0 Å². The first-order valence-corrected chi connectivity index (χ1v) is 5.67. The van der Waals surface area contributed by atoms with E-state index in [1.54, 1.807) is 5.43 Å². The van der Waals surface area contributed by atoms with Gasteiger partial charge in [-0.25, -0.2) is 0 Å². The number of alkyl halides is 6. The second kappa shape index (κ2) is 5.24. The zero-order chi connectivity index (χ0) is 14.1. The van der Waals surface area contributed by atoms with Crippen LogP contribution in [0.4, 0.5) is 26.3 Å². The lowest BCUT2D eigenvalue weighted by atomic mass is 9.97.